The Bertz CT molecular complexity index is 346. The maximum atomic E-state index is 11.0. The molecule has 2 amide bonds. The third-order valence-electron chi connectivity index (χ3n) is 3.50. The highest BCUT2D eigenvalue weighted by Gasteiger charge is 2.71. The number of hydrogen-bond donors (Lipinski definition) is 2. The van der Waals surface area contributed by atoms with Crippen LogP contribution in [0.4, 0.5) is 4.79 Å². The zero-order chi connectivity index (χ0) is 12.0. The highest BCUT2D eigenvalue weighted by Crippen LogP contribution is 2.63. The zero-order valence-corrected chi connectivity index (χ0v) is 9.02. The van der Waals surface area contributed by atoms with Crippen LogP contribution < -0.4 is 5.32 Å². The molecule has 3 saturated carbocycles. The van der Waals surface area contributed by atoms with E-state index in [0.29, 0.717) is 25.7 Å². The van der Waals surface area contributed by atoms with Crippen molar-refractivity contribution in [2.45, 2.75) is 37.3 Å². The summed E-state index contributed by atoms with van der Waals surface area (Å²) >= 11 is 0. The van der Waals surface area contributed by atoms with Crippen molar-refractivity contribution in [3.05, 3.63) is 0 Å². The number of nitrogens with zero attached hydrogens (tertiary/aromatic N) is 1. The second-order valence-electron chi connectivity index (χ2n) is 4.90. The van der Waals surface area contributed by atoms with Gasteiger partial charge >= 0.3 is 6.09 Å². The van der Waals surface area contributed by atoms with Crippen LogP contribution in [0.5, 0.6) is 0 Å². The molecule has 0 aromatic rings. The Labute approximate surface area is 92.6 Å². The average molecular weight is 226 g/mol. The van der Waals surface area contributed by atoms with Gasteiger partial charge in [0.1, 0.15) is 5.78 Å². The van der Waals surface area contributed by atoms with Gasteiger partial charge in [-0.3, -0.25) is 9.59 Å². The van der Waals surface area contributed by atoms with Crippen LogP contribution in [0.2, 0.25) is 0 Å². The number of hydrogen-bond acceptors (Lipinski definition) is 3. The molecular weight excluding hydrogens is 212 g/mol. The first-order valence-corrected chi connectivity index (χ1v) is 5.14. The normalized spacial score (nSPS) is 34.3. The zero-order valence-electron chi connectivity index (χ0n) is 9.02. The number of carbonyl (C=O) groups is 3. The molecule has 3 rings (SSSR count). The van der Waals surface area contributed by atoms with Gasteiger partial charge in [-0.1, -0.05) is 0 Å². The van der Waals surface area contributed by atoms with Crippen molar-refractivity contribution < 1.29 is 19.5 Å². The van der Waals surface area contributed by atoms with E-state index in [-0.39, 0.29) is 23.4 Å². The molecule has 0 radical (unpaired) electrons. The van der Waals surface area contributed by atoms with Crippen molar-refractivity contribution in [2.75, 3.05) is 6.54 Å². The quantitative estimate of drug-likeness (QED) is 0.645. The molecule has 0 atom stereocenters. The van der Waals surface area contributed by atoms with E-state index in [9.17, 15) is 14.4 Å². The van der Waals surface area contributed by atoms with Gasteiger partial charge in [0, 0.05) is 5.54 Å². The topological polar surface area (TPSA) is 86.7 Å². The van der Waals surface area contributed by atoms with Crippen LogP contribution >= 0.6 is 0 Å². The van der Waals surface area contributed by atoms with Crippen LogP contribution in [0.3, 0.4) is 0 Å². The van der Waals surface area contributed by atoms with E-state index in [1.54, 1.807) is 0 Å². The van der Waals surface area contributed by atoms with Crippen LogP contribution in [0.1, 0.15) is 26.2 Å². The molecule has 0 saturated heterocycles. The summed E-state index contributed by atoms with van der Waals surface area (Å²) in [5.41, 5.74) is -0.611. The van der Waals surface area contributed by atoms with E-state index in [2.05, 4.69) is 5.32 Å². The molecule has 16 heavy (non-hydrogen) atoms. The fourth-order valence-electron chi connectivity index (χ4n) is 2.96. The van der Waals surface area contributed by atoms with Gasteiger partial charge in [0.05, 0.1) is 12.1 Å². The average Bonchev–Trinajstić information content (AvgIpc) is 2.04. The lowest BCUT2D eigenvalue weighted by Gasteiger charge is -2.72. The molecule has 0 spiro atoms. The summed E-state index contributed by atoms with van der Waals surface area (Å²) in [6.45, 7) is 1.56. The van der Waals surface area contributed by atoms with Crippen LogP contribution in [0.25, 0.3) is 0 Å². The van der Waals surface area contributed by atoms with Crippen LogP contribution in [0.15, 0.2) is 0 Å². The SMILES string of the molecule is CC(=O)CN(C=O)C12CC(NC(=O)O)(C1)C2. The number of carboxylic acid groups (broad SMARTS) is 1. The number of nitrogens with one attached hydrogen (secondary N) is 1. The van der Waals surface area contributed by atoms with Crippen LogP contribution in [-0.4, -0.2) is 45.9 Å². The number of Topliss-reactive ketones (excluding diaryl/α,β-unsaturated/α-hetero) is 1. The van der Waals surface area contributed by atoms with Gasteiger partial charge in [-0.05, 0) is 26.2 Å². The third kappa shape index (κ3) is 1.45. The lowest BCUT2D eigenvalue weighted by Crippen LogP contribution is -2.83. The Balaban J connectivity index is 1.93. The number of ketones is 1. The molecule has 0 aromatic heterocycles. The molecule has 3 fully saturated rings. The fourth-order valence-corrected chi connectivity index (χ4v) is 2.96. The Kier molecular flexibility index (Phi) is 2.18. The molecule has 3 aliphatic rings. The molecule has 6 heteroatoms. The molecule has 88 valence electrons. The minimum Gasteiger partial charge on any atom is -0.465 e. The van der Waals surface area contributed by atoms with Crippen molar-refractivity contribution >= 4 is 18.3 Å². The van der Waals surface area contributed by atoms with E-state index in [1.165, 1.54) is 11.8 Å². The first kappa shape index (κ1) is 10.9. The Morgan fingerprint density at radius 3 is 2.38 bits per heavy atom. The number of amides is 2. The summed E-state index contributed by atoms with van der Waals surface area (Å²) in [4.78, 5) is 33.8. The minimum absolute atomic E-state index is 0.0583. The van der Waals surface area contributed by atoms with Crippen molar-refractivity contribution in [3.8, 4) is 0 Å². The van der Waals surface area contributed by atoms with Crippen molar-refractivity contribution in [2.24, 2.45) is 0 Å². The number of carbonyl (C=O) groups excluding carboxylic acids is 2. The lowest BCUT2D eigenvalue weighted by molar-refractivity contribution is -0.179. The maximum absolute atomic E-state index is 11.0. The van der Waals surface area contributed by atoms with Crippen molar-refractivity contribution in [1.29, 1.82) is 0 Å². The summed E-state index contributed by atoms with van der Waals surface area (Å²) in [7, 11) is 0. The van der Waals surface area contributed by atoms with Crippen molar-refractivity contribution in [3.63, 3.8) is 0 Å². The van der Waals surface area contributed by atoms with Gasteiger partial charge in [-0.2, -0.15) is 0 Å². The van der Waals surface area contributed by atoms with Crippen LogP contribution in [-0.2, 0) is 9.59 Å². The molecule has 2 N–H and O–H groups in total. The van der Waals surface area contributed by atoms with Gasteiger partial charge < -0.3 is 15.3 Å². The largest absolute Gasteiger partial charge is 0.465 e. The monoisotopic (exact) mass is 226 g/mol. The summed E-state index contributed by atoms with van der Waals surface area (Å²) in [5, 5.41) is 11.1. The molecule has 3 aliphatic carbocycles. The van der Waals surface area contributed by atoms with E-state index in [0.717, 1.165) is 0 Å². The maximum Gasteiger partial charge on any atom is 0.405 e. The van der Waals surface area contributed by atoms with E-state index < -0.39 is 6.09 Å². The standard InChI is InChI=1S/C10H14N2O4/c1-7(14)2-12(6-13)10-3-9(4-10,5-10)11-8(15)16/h6,11H,2-5H2,1H3,(H,15,16). The molecule has 0 aliphatic heterocycles. The van der Waals surface area contributed by atoms with E-state index in [4.69, 9.17) is 5.11 Å². The molecule has 6 nitrogen and oxygen atoms in total. The number of rotatable bonds is 5. The summed E-state index contributed by atoms with van der Waals surface area (Å²) in [6.07, 6.45) is 1.53. The second-order valence-corrected chi connectivity index (χ2v) is 4.90. The smallest absolute Gasteiger partial charge is 0.405 e. The molecule has 0 aromatic carbocycles. The first-order valence-electron chi connectivity index (χ1n) is 5.14. The van der Waals surface area contributed by atoms with Gasteiger partial charge in [0.25, 0.3) is 0 Å². The molecule has 0 unspecified atom stereocenters. The lowest BCUT2D eigenvalue weighted by atomic mass is 9.43. The summed E-state index contributed by atoms with van der Waals surface area (Å²) in [5.74, 6) is -0.0583. The van der Waals surface area contributed by atoms with Gasteiger partial charge in [0.2, 0.25) is 6.41 Å². The van der Waals surface area contributed by atoms with Gasteiger partial charge in [0.15, 0.2) is 0 Å². The molecule has 0 heterocycles. The second kappa shape index (κ2) is 3.20. The highest BCUT2D eigenvalue weighted by atomic mass is 16.4. The van der Waals surface area contributed by atoms with E-state index >= 15 is 0 Å². The van der Waals surface area contributed by atoms with Gasteiger partial charge in [-0.25, -0.2) is 4.79 Å². The predicted octanol–water partition coefficient (Wildman–Crippen LogP) is -0.0235. The fraction of sp³-hybridized carbons (Fsp3) is 0.700. The highest BCUT2D eigenvalue weighted by molar-refractivity contribution is 5.80. The van der Waals surface area contributed by atoms with E-state index in [1.807, 2.05) is 0 Å². The third-order valence-corrected chi connectivity index (χ3v) is 3.50. The summed E-state index contributed by atoms with van der Waals surface area (Å²) < 4.78 is 0. The molecular formula is C10H14N2O4. The summed E-state index contributed by atoms with van der Waals surface area (Å²) in [6, 6.07) is 0. The van der Waals surface area contributed by atoms with Gasteiger partial charge in [-0.15, -0.1) is 0 Å². The predicted molar refractivity (Wildman–Crippen MR) is 53.9 cm³/mol. The van der Waals surface area contributed by atoms with Crippen molar-refractivity contribution in [1.82, 2.24) is 10.2 Å². The molecule has 2 bridgehead atoms. The Morgan fingerprint density at radius 1 is 1.44 bits per heavy atom. The van der Waals surface area contributed by atoms with Crippen LogP contribution in [0, 0.1) is 0 Å². The Hall–Kier alpha value is -1.59. The Morgan fingerprint density at radius 2 is 2.00 bits per heavy atom. The minimum atomic E-state index is -1.03. The first-order chi connectivity index (χ1) is 7.41.